The molecular weight excluding hydrogens is 316 g/mol. The molecule has 0 bridgehead atoms. The van der Waals surface area contributed by atoms with Gasteiger partial charge in [-0.15, -0.1) is 11.6 Å². The topological polar surface area (TPSA) is 67.2 Å². The number of guanidine groups is 1. The summed E-state index contributed by atoms with van der Waals surface area (Å²) < 4.78 is 11.0. The third-order valence-electron chi connectivity index (χ3n) is 3.05. The maximum atomic E-state index is 5.71. The first-order valence-corrected chi connectivity index (χ1v) is 8.05. The first kappa shape index (κ1) is 19.1. The Kier molecular flexibility index (Phi) is 8.90. The van der Waals surface area contributed by atoms with Gasteiger partial charge in [-0.3, -0.25) is 9.98 Å². The normalized spacial score (nSPS) is 12.0. The van der Waals surface area contributed by atoms with Crippen LogP contribution in [0.15, 0.2) is 28.2 Å². The van der Waals surface area contributed by atoms with Gasteiger partial charge in [0.05, 0.1) is 13.7 Å². The van der Waals surface area contributed by atoms with Crippen LogP contribution in [0.4, 0.5) is 5.69 Å². The van der Waals surface area contributed by atoms with Gasteiger partial charge < -0.3 is 20.1 Å². The SMILES string of the molecule is CCC(=NC)NC(=NC)Nc1ccc(OC)c(OCCCCl)c1. The monoisotopic (exact) mass is 340 g/mol. The molecule has 0 heterocycles. The molecule has 0 saturated carbocycles. The number of nitrogens with one attached hydrogen (secondary N) is 2. The third-order valence-corrected chi connectivity index (χ3v) is 3.32. The molecule has 7 heteroatoms. The molecule has 0 saturated heterocycles. The number of hydrogen-bond acceptors (Lipinski definition) is 4. The summed E-state index contributed by atoms with van der Waals surface area (Å²) in [5, 5.41) is 6.36. The summed E-state index contributed by atoms with van der Waals surface area (Å²) in [6, 6.07) is 5.61. The Balaban J connectivity index is 2.84. The van der Waals surface area contributed by atoms with Crippen LogP contribution < -0.4 is 20.1 Å². The summed E-state index contributed by atoms with van der Waals surface area (Å²) in [6.07, 6.45) is 1.57. The molecule has 0 aliphatic heterocycles. The van der Waals surface area contributed by atoms with Gasteiger partial charge in [0.1, 0.15) is 5.84 Å². The van der Waals surface area contributed by atoms with E-state index in [0.717, 1.165) is 24.4 Å². The molecule has 0 radical (unpaired) electrons. The van der Waals surface area contributed by atoms with Crippen LogP contribution in [0.25, 0.3) is 0 Å². The van der Waals surface area contributed by atoms with Gasteiger partial charge in [0.15, 0.2) is 11.5 Å². The van der Waals surface area contributed by atoms with Gasteiger partial charge in [0, 0.05) is 38.1 Å². The fraction of sp³-hybridized carbons (Fsp3) is 0.500. The van der Waals surface area contributed by atoms with E-state index in [1.807, 2.05) is 25.1 Å². The van der Waals surface area contributed by atoms with E-state index in [-0.39, 0.29) is 0 Å². The van der Waals surface area contributed by atoms with E-state index in [2.05, 4.69) is 20.6 Å². The number of hydrogen-bond donors (Lipinski definition) is 2. The van der Waals surface area contributed by atoms with Crippen molar-refractivity contribution in [1.29, 1.82) is 0 Å². The van der Waals surface area contributed by atoms with Gasteiger partial charge >= 0.3 is 0 Å². The Bertz CT molecular complexity index is 547. The minimum atomic E-state index is 0.540. The number of nitrogens with zero attached hydrogens (tertiary/aromatic N) is 2. The molecule has 0 aliphatic carbocycles. The second kappa shape index (κ2) is 10.7. The zero-order valence-electron chi connectivity index (χ0n) is 14.1. The maximum Gasteiger partial charge on any atom is 0.200 e. The van der Waals surface area contributed by atoms with E-state index >= 15 is 0 Å². The lowest BCUT2D eigenvalue weighted by Gasteiger charge is -2.15. The molecule has 0 amide bonds. The Labute approximate surface area is 143 Å². The van der Waals surface area contributed by atoms with Crippen LogP contribution in [0, 0.1) is 0 Å². The van der Waals surface area contributed by atoms with Crippen molar-refractivity contribution in [1.82, 2.24) is 5.32 Å². The second-order valence-corrected chi connectivity index (χ2v) is 4.98. The second-order valence-electron chi connectivity index (χ2n) is 4.60. The molecule has 1 aromatic carbocycles. The molecule has 2 N–H and O–H groups in total. The Hall–Kier alpha value is -1.95. The molecular formula is C16H25ClN4O2. The van der Waals surface area contributed by atoms with Gasteiger partial charge in [-0.2, -0.15) is 0 Å². The molecule has 6 nitrogen and oxygen atoms in total. The van der Waals surface area contributed by atoms with Crippen molar-refractivity contribution in [3.8, 4) is 11.5 Å². The van der Waals surface area contributed by atoms with Crippen molar-refractivity contribution < 1.29 is 9.47 Å². The van der Waals surface area contributed by atoms with Crippen molar-refractivity contribution >= 4 is 29.1 Å². The van der Waals surface area contributed by atoms with Crippen molar-refractivity contribution in [2.45, 2.75) is 19.8 Å². The van der Waals surface area contributed by atoms with Gasteiger partial charge in [-0.1, -0.05) is 6.92 Å². The quantitative estimate of drug-likeness (QED) is 0.346. The van der Waals surface area contributed by atoms with Crippen molar-refractivity contribution in [2.24, 2.45) is 9.98 Å². The van der Waals surface area contributed by atoms with E-state index in [1.165, 1.54) is 0 Å². The molecule has 0 unspecified atom stereocenters. The summed E-state index contributed by atoms with van der Waals surface area (Å²) in [4.78, 5) is 8.35. The zero-order valence-corrected chi connectivity index (χ0v) is 14.9. The van der Waals surface area contributed by atoms with Crippen molar-refractivity contribution in [3.05, 3.63) is 18.2 Å². The van der Waals surface area contributed by atoms with Gasteiger partial charge in [0.2, 0.25) is 5.96 Å². The highest BCUT2D eigenvalue weighted by Crippen LogP contribution is 2.30. The van der Waals surface area contributed by atoms with Gasteiger partial charge in [0.25, 0.3) is 0 Å². The van der Waals surface area contributed by atoms with E-state index in [0.29, 0.717) is 29.9 Å². The van der Waals surface area contributed by atoms with Crippen molar-refractivity contribution in [3.63, 3.8) is 0 Å². The molecule has 128 valence electrons. The fourth-order valence-electron chi connectivity index (χ4n) is 1.82. The van der Waals surface area contributed by atoms with Crippen LogP contribution in [-0.2, 0) is 0 Å². The molecule has 0 aliphatic rings. The number of aliphatic imine (C=N–C) groups is 2. The first-order chi connectivity index (χ1) is 11.2. The number of halogens is 1. The lowest BCUT2D eigenvalue weighted by atomic mass is 10.2. The molecule has 0 spiro atoms. The van der Waals surface area contributed by atoms with E-state index < -0.39 is 0 Å². The lowest BCUT2D eigenvalue weighted by Crippen LogP contribution is -2.35. The van der Waals surface area contributed by atoms with Crippen LogP contribution in [0.5, 0.6) is 11.5 Å². The highest BCUT2D eigenvalue weighted by molar-refractivity contribution is 6.17. The molecule has 23 heavy (non-hydrogen) atoms. The molecule has 1 rings (SSSR count). The number of amidine groups is 1. The molecule has 0 fully saturated rings. The van der Waals surface area contributed by atoms with Crippen LogP contribution >= 0.6 is 11.6 Å². The van der Waals surface area contributed by atoms with Crippen LogP contribution in [0.1, 0.15) is 19.8 Å². The minimum absolute atomic E-state index is 0.540. The summed E-state index contributed by atoms with van der Waals surface area (Å²) >= 11 is 5.68. The largest absolute Gasteiger partial charge is 0.493 e. The predicted molar refractivity (Wildman–Crippen MR) is 97.6 cm³/mol. The number of benzene rings is 1. The molecule has 0 atom stereocenters. The highest BCUT2D eigenvalue weighted by atomic mass is 35.5. The Morgan fingerprint density at radius 3 is 2.57 bits per heavy atom. The number of ether oxygens (including phenoxy) is 2. The van der Waals surface area contributed by atoms with Gasteiger partial charge in [-0.25, -0.2) is 0 Å². The summed E-state index contributed by atoms with van der Waals surface area (Å²) in [6.45, 7) is 2.57. The summed E-state index contributed by atoms with van der Waals surface area (Å²) in [7, 11) is 5.07. The van der Waals surface area contributed by atoms with E-state index in [9.17, 15) is 0 Å². The number of rotatable bonds is 7. The van der Waals surface area contributed by atoms with E-state index in [1.54, 1.807) is 21.2 Å². The first-order valence-electron chi connectivity index (χ1n) is 7.51. The predicted octanol–water partition coefficient (Wildman–Crippen LogP) is 3.13. The lowest BCUT2D eigenvalue weighted by molar-refractivity contribution is 0.295. The fourth-order valence-corrected chi connectivity index (χ4v) is 1.93. The van der Waals surface area contributed by atoms with Crippen molar-refractivity contribution in [2.75, 3.05) is 39.0 Å². The maximum absolute atomic E-state index is 5.71. The number of alkyl halides is 1. The Morgan fingerprint density at radius 1 is 1.22 bits per heavy atom. The molecule has 0 aromatic heterocycles. The Morgan fingerprint density at radius 2 is 2.00 bits per heavy atom. The average Bonchev–Trinajstić information content (AvgIpc) is 2.59. The van der Waals surface area contributed by atoms with Crippen LogP contribution in [0.2, 0.25) is 0 Å². The van der Waals surface area contributed by atoms with Crippen LogP contribution in [-0.4, -0.2) is 45.5 Å². The zero-order chi connectivity index (χ0) is 17.1. The summed E-state index contributed by atoms with van der Waals surface area (Å²) in [5.74, 6) is 3.37. The smallest absolute Gasteiger partial charge is 0.200 e. The molecule has 1 aromatic rings. The summed E-state index contributed by atoms with van der Waals surface area (Å²) in [5.41, 5.74) is 0.839. The average molecular weight is 341 g/mol. The van der Waals surface area contributed by atoms with E-state index in [4.69, 9.17) is 21.1 Å². The number of methoxy groups -OCH3 is 1. The highest BCUT2D eigenvalue weighted by Gasteiger charge is 2.08. The third kappa shape index (κ3) is 6.36. The van der Waals surface area contributed by atoms with Gasteiger partial charge in [-0.05, 0) is 18.6 Å². The number of anilines is 1. The minimum Gasteiger partial charge on any atom is -0.493 e. The van der Waals surface area contributed by atoms with Crippen LogP contribution in [0.3, 0.4) is 0 Å². The standard InChI is InChI=1S/C16H25ClN4O2/c1-5-15(18-2)21-16(19-3)20-12-7-8-13(22-4)14(11-12)23-10-6-9-17/h7-8,11H,5-6,9-10H2,1-4H3,(H2,18,19,20,21).